The van der Waals surface area contributed by atoms with Crippen LogP contribution in [0.2, 0.25) is 0 Å². The van der Waals surface area contributed by atoms with Gasteiger partial charge in [-0.25, -0.2) is 4.98 Å². The van der Waals surface area contributed by atoms with Crippen molar-refractivity contribution in [3.63, 3.8) is 0 Å². The molecule has 0 aromatic carbocycles. The van der Waals surface area contributed by atoms with Crippen LogP contribution in [0.4, 0.5) is 5.82 Å². The number of rotatable bonds is 9. The number of anilines is 1. The standard InChI is InChI=1S/C12H21N3O3/c1-4-5-13-10-8-12(18-7-6-16-2)15-11(14-10)9-17-3/h8H,4-7,9H2,1-3H3,(H,13,14,15). The van der Waals surface area contributed by atoms with Crippen LogP contribution in [0.1, 0.15) is 19.2 Å². The van der Waals surface area contributed by atoms with Crippen molar-refractivity contribution in [2.75, 3.05) is 39.3 Å². The van der Waals surface area contributed by atoms with E-state index in [0.717, 1.165) is 18.8 Å². The monoisotopic (exact) mass is 255 g/mol. The molecule has 0 unspecified atom stereocenters. The van der Waals surface area contributed by atoms with Crippen molar-refractivity contribution in [3.8, 4) is 5.88 Å². The van der Waals surface area contributed by atoms with Gasteiger partial charge in [-0.05, 0) is 6.42 Å². The SMILES string of the molecule is CCCNc1cc(OCCOC)nc(COC)n1. The highest BCUT2D eigenvalue weighted by Gasteiger charge is 2.05. The van der Waals surface area contributed by atoms with Crippen LogP contribution < -0.4 is 10.1 Å². The Balaban J connectivity index is 2.70. The summed E-state index contributed by atoms with van der Waals surface area (Å²) in [5, 5.41) is 3.21. The Hall–Kier alpha value is -1.40. The zero-order valence-corrected chi connectivity index (χ0v) is 11.2. The van der Waals surface area contributed by atoms with E-state index in [1.54, 1.807) is 20.3 Å². The average molecular weight is 255 g/mol. The second-order valence-electron chi connectivity index (χ2n) is 3.71. The van der Waals surface area contributed by atoms with Crippen molar-refractivity contribution in [1.82, 2.24) is 9.97 Å². The maximum Gasteiger partial charge on any atom is 0.218 e. The van der Waals surface area contributed by atoms with E-state index in [1.165, 1.54) is 0 Å². The van der Waals surface area contributed by atoms with E-state index in [9.17, 15) is 0 Å². The van der Waals surface area contributed by atoms with Crippen molar-refractivity contribution in [2.24, 2.45) is 0 Å². The highest BCUT2D eigenvalue weighted by atomic mass is 16.5. The van der Waals surface area contributed by atoms with Gasteiger partial charge in [-0.1, -0.05) is 6.92 Å². The minimum atomic E-state index is 0.363. The highest BCUT2D eigenvalue weighted by molar-refractivity contribution is 5.38. The van der Waals surface area contributed by atoms with E-state index >= 15 is 0 Å². The number of ether oxygens (including phenoxy) is 3. The molecular formula is C12H21N3O3. The fraction of sp³-hybridized carbons (Fsp3) is 0.667. The molecule has 1 heterocycles. The number of methoxy groups -OCH3 is 2. The van der Waals surface area contributed by atoms with Crippen LogP contribution in [-0.4, -0.2) is 43.9 Å². The Kier molecular flexibility index (Phi) is 7.05. The minimum absolute atomic E-state index is 0.363. The summed E-state index contributed by atoms with van der Waals surface area (Å²) in [6.07, 6.45) is 1.03. The van der Waals surface area contributed by atoms with Crippen LogP contribution in [0.5, 0.6) is 5.88 Å². The summed E-state index contributed by atoms with van der Waals surface area (Å²) in [5.74, 6) is 1.89. The lowest BCUT2D eigenvalue weighted by Gasteiger charge is -2.10. The van der Waals surface area contributed by atoms with Gasteiger partial charge >= 0.3 is 0 Å². The molecule has 0 aliphatic carbocycles. The summed E-state index contributed by atoms with van der Waals surface area (Å²) in [6.45, 7) is 4.32. The van der Waals surface area contributed by atoms with Crippen LogP contribution >= 0.6 is 0 Å². The van der Waals surface area contributed by atoms with E-state index in [1.807, 2.05) is 0 Å². The lowest BCUT2D eigenvalue weighted by molar-refractivity contribution is 0.142. The van der Waals surface area contributed by atoms with Crippen molar-refractivity contribution in [3.05, 3.63) is 11.9 Å². The largest absolute Gasteiger partial charge is 0.475 e. The summed E-state index contributed by atoms with van der Waals surface area (Å²) >= 11 is 0. The van der Waals surface area contributed by atoms with E-state index < -0.39 is 0 Å². The number of hydrogen-bond donors (Lipinski definition) is 1. The van der Waals surface area contributed by atoms with Gasteiger partial charge in [0.2, 0.25) is 5.88 Å². The lowest BCUT2D eigenvalue weighted by atomic mass is 10.4. The molecule has 1 aromatic heterocycles. The Morgan fingerprint density at radius 3 is 2.67 bits per heavy atom. The average Bonchev–Trinajstić information content (AvgIpc) is 2.37. The molecular weight excluding hydrogens is 234 g/mol. The topological polar surface area (TPSA) is 65.5 Å². The fourth-order valence-corrected chi connectivity index (χ4v) is 1.31. The van der Waals surface area contributed by atoms with Crippen molar-refractivity contribution in [1.29, 1.82) is 0 Å². The highest BCUT2D eigenvalue weighted by Crippen LogP contribution is 2.14. The van der Waals surface area contributed by atoms with E-state index in [0.29, 0.717) is 31.5 Å². The molecule has 6 heteroatoms. The van der Waals surface area contributed by atoms with Crippen LogP contribution in [0.25, 0.3) is 0 Å². The summed E-state index contributed by atoms with van der Waals surface area (Å²) in [4.78, 5) is 8.58. The quantitative estimate of drug-likeness (QED) is 0.674. The van der Waals surface area contributed by atoms with Crippen LogP contribution in [0.15, 0.2) is 6.07 Å². The molecule has 0 saturated carbocycles. The third kappa shape index (κ3) is 5.29. The molecule has 0 amide bonds. The molecule has 6 nitrogen and oxygen atoms in total. The fourth-order valence-electron chi connectivity index (χ4n) is 1.31. The summed E-state index contributed by atoms with van der Waals surface area (Å²) < 4.78 is 15.4. The number of nitrogens with one attached hydrogen (secondary N) is 1. The lowest BCUT2D eigenvalue weighted by Crippen LogP contribution is -2.10. The normalized spacial score (nSPS) is 10.4. The third-order valence-electron chi connectivity index (χ3n) is 2.12. The molecule has 0 saturated heterocycles. The van der Waals surface area contributed by atoms with E-state index in [-0.39, 0.29) is 0 Å². The first-order valence-corrected chi connectivity index (χ1v) is 6.02. The maximum atomic E-state index is 5.48. The van der Waals surface area contributed by atoms with Crippen LogP contribution in [0.3, 0.4) is 0 Å². The third-order valence-corrected chi connectivity index (χ3v) is 2.12. The molecule has 0 aliphatic rings. The first kappa shape index (κ1) is 14.7. The molecule has 0 atom stereocenters. The molecule has 0 radical (unpaired) electrons. The molecule has 18 heavy (non-hydrogen) atoms. The molecule has 1 aromatic rings. The second kappa shape index (κ2) is 8.66. The summed E-state index contributed by atoms with van der Waals surface area (Å²) in [5.41, 5.74) is 0. The number of hydrogen-bond acceptors (Lipinski definition) is 6. The molecule has 1 N–H and O–H groups in total. The van der Waals surface area contributed by atoms with Gasteiger partial charge in [0.15, 0.2) is 5.82 Å². The summed E-state index contributed by atoms with van der Waals surface area (Å²) in [7, 11) is 3.24. The molecule has 0 bridgehead atoms. The second-order valence-corrected chi connectivity index (χ2v) is 3.71. The molecule has 0 spiro atoms. The van der Waals surface area contributed by atoms with Gasteiger partial charge < -0.3 is 19.5 Å². The van der Waals surface area contributed by atoms with Crippen molar-refractivity contribution in [2.45, 2.75) is 20.0 Å². The smallest absolute Gasteiger partial charge is 0.218 e. The van der Waals surface area contributed by atoms with Gasteiger partial charge in [-0.3, -0.25) is 0 Å². The van der Waals surface area contributed by atoms with Crippen LogP contribution in [-0.2, 0) is 16.1 Å². The Morgan fingerprint density at radius 2 is 2.00 bits per heavy atom. The van der Waals surface area contributed by atoms with Crippen molar-refractivity contribution >= 4 is 5.82 Å². The maximum absolute atomic E-state index is 5.48. The molecule has 102 valence electrons. The van der Waals surface area contributed by atoms with E-state index in [4.69, 9.17) is 14.2 Å². The predicted octanol–water partition coefficient (Wildman–Crippen LogP) is 1.47. The number of aromatic nitrogens is 2. The van der Waals surface area contributed by atoms with Gasteiger partial charge in [0, 0.05) is 26.8 Å². The van der Waals surface area contributed by atoms with Gasteiger partial charge in [0.05, 0.1) is 6.61 Å². The predicted molar refractivity (Wildman–Crippen MR) is 68.9 cm³/mol. The van der Waals surface area contributed by atoms with Crippen LogP contribution in [0, 0.1) is 0 Å². The summed E-state index contributed by atoms with van der Waals surface area (Å²) in [6, 6.07) is 1.78. The van der Waals surface area contributed by atoms with Gasteiger partial charge in [0.25, 0.3) is 0 Å². The zero-order chi connectivity index (χ0) is 13.2. The van der Waals surface area contributed by atoms with E-state index in [2.05, 4.69) is 22.2 Å². The molecule has 0 aliphatic heterocycles. The Bertz CT molecular complexity index is 347. The Morgan fingerprint density at radius 1 is 1.17 bits per heavy atom. The van der Waals surface area contributed by atoms with Gasteiger partial charge in [-0.2, -0.15) is 4.98 Å². The minimum Gasteiger partial charge on any atom is -0.475 e. The first-order valence-electron chi connectivity index (χ1n) is 6.02. The van der Waals surface area contributed by atoms with Gasteiger partial charge in [-0.15, -0.1) is 0 Å². The zero-order valence-electron chi connectivity index (χ0n) is 11.2. The van der Waals surface area contributed by atoms with Gasteiger partial charge in [0.1, 0.15) is 19.0 Å². The first-order chi connectivity index (χ1) is 8.80. The Labute approximate surface area is 108 Å². The number of nitrogens with zero attached hydrogens (tertiary/aromatic N) is 2. The molecule has 1 rings (SSSR count). The molecule has 0 fully saturated rings. The van der Waals surface area contributed by atoms with Crippen molar-refractivity contribution < 1.29 is 14.2 Å².